The Morgan fingerprint density at radius 3 is 2.21 bits per heavy atom. The van der Waals surface area contributed by atoms with Gasteiger partial charge < -0.3 is 10.2 Å². The summed E-state index contributed by atoms with van der Waals surface area (Å²) in [5.74, 6) is -0.849. The van der Waals surface area contributed by atoms with Gasteiger partial charge in [0.1, 0.15) is 12.6 Å². The molecule has 224 valence electrons. The highest BCUT2D eigenvalue weighted by atomic mass is 35.5. The molecular weight excluding hydrogens is 617 g/mol. The molecule has 1 atom stereocenters. The molecular formula is C31H34Cl3N3O4S. The molecule has 42 heavy (non-hydrogen) atoms. The number of amides is 2. The molecule has 0 spiro atoms. The molecule has 1 aliphatic rings. The van der Waals surface area contributed by atoms with E-state index in [2.05, 4.69) is 5.32 Å². The quantitative estimate of drug-likeness (QED) is 0.240. The van der Waals surface area contributed by atoms with E-state index in [-0.39, 0.29) is 34.1 Å². The Kier molecular flexibility index (Phi) is 11.2. The highest BCUT2D eigenvalue weighted by Crippen LogP contribution is 2.33. The van der Waals surface area contributed by atoms with Gasteiger partial charge in [-0.15, -0.1) is 0 Å². The van der Waals surface area contributed by atoms with Crippen molar-refractivity contribution in [1.29, 1.82) is 0 Å². The predicted molar refractivity (Wildman–Crippen MR) is 169 cm³/mol. The molecule has 1 fully saturated rings. The van der Waals surface area contributed by atoms with Crippen molar-refractivity contribution in [2.24, 2.45) is 0 Å². The zero-order chi connectivity index (χ0) is 30.3. The average molecular weight is 651 g/mol. The van der Waals surface area contributed by atoms with Crippen molar-refractivity contribution >= 4 is 62.3 Å². The number of anilines is 1. The van der Waals surface area contributed by atoms with Crippen LogP contribution in [0.5, 0.6) is 0 Å². The van der Waals surface area contributed by atoms with Crippen LogP contribution < -0.4 is 9.62 Å². The molecule has 0 radical (unpaired) electrons. The van der Waals surface area contributed by atoms with Gasteiger partial charge in [0.25, 0.3) is 10.0 Å². The molecule has 0 heterocycles. The fourth-order valence-corrected chi connectivity index (χ4v) is 7.40. The third-order valence-electron chi connectivity index (χ3n) is 7.42. The van der Waals surface area contributed by atoms with Gasteiger partial charge in [0.05, 0.1) is 15.6 Å². The summed E-state index contributed by atoms with van der Waals surface area (Å²) in [5.41, 5.74) is 0.731. The van der Waals surface area contributed by atoms with Crippen molar-refractivity contribution in [2.45, 2.75) is 69.0 Å². The second-order valence-electron chi connectivity index (χ2n) is 10.3. The van der Waals surface area contributed by atoms with Gasteiger partial charge in [-0.2, -0.15) is 0 Å². The Balaban J connectivity index is 1.73. The SMILES string of the molecule is CC[C@H](C(=O)NC1CCCCC1)N(Cc1ccccc1Cl)C(=O)CN(c1ccc(Cl)cc1Cl)S(=O)(=O)c1ccccc1. The molecule has 1 aliphatic carbocycles. The van der Waals surface area contributed by atoms with Crippen LogP contribution in [0.1, 0.15) is 51.0 Å². The Morgan fingerprint density at radius 1 is 0.905 bits per heavy atom. The third kappa shape index (κ3) is 7.78. The van der Waals surface area contributed by atoms with Crippen molar-refractivity contribution in [3.8, 4) is 0 Å². The molecule has 11 heteroatoms. The molecule has 1 N–H and O–H groups in total. The first-order valence-corrected chi connectivity index (χ1v) is 16.5. The smallest absolute Gasteiger partial charge is 0.264 e. The maximum Gasteiger partial charge on any atom is 0.264 e. The number of hydrogen-bond acceptors (Lipinski definition) is 4. The van der Waals surface area contributed by atoms with Crippen LogP contribution in [0.25, 0.3) is 0 Å². The minimum absolute atomic E-state index is 0.0106. The van der Waals surface area contributed by atoms with Gasteiger partial charge in [0.2, 0.25) is 11.8 Å². The van der Waals surface area contributed by atoms with Gasteiger partial charge in [0.15, 0.2) is 0 Å². The van der Waals surface area contributed by atoms with E-state index in [1.807, 2.05) is 6.92 Å². The second kappa shape index (κ2) is 14.6. The maximum atomic E-state index is 14.2. The lowest BCUT2D eigenvalue weighted by molar-refractivity contribution is -0.140. The number of nitrogens with zero attached hydrogens (tertiary/aromatic N) is 2. The lowest BCUT2D eigenvalue weighted by atomic mass is 9.95. The summed E-state index contributed by atoms with van der Waals surface area (Å²) in [4.78, 5) is 29.2. The first-order valence-electron chi connectivity index (χ1n) is 14.0. The number of halogens is 3. The van der Waals surface area contributed by atoms with Gasteiger partial charge in [-0.05, 0) is 61.2 Å². The Hall–Kier alpha value is -2.78. The monoisotopic (exact) mass is 649 g/mol. The molecule has 0 saturated heterocycles. The average Bonchev–Trinajstić information content (AvgIpc) is 2.98. The molecule has 0 aliphatic heterocycles. The van der Waals surface area contributed by atoms with E-state index in [1.165, 1.54) is 35.2 Å². The van der Waals surface area contributed by atoms with E-state index >= 15 is 0 Å². The van der Waals surface area contributed by atoms with Crippen LogP contribution in [0.3, 0.4) is 0 Å². The molecule has 3 aromatic rings. The van der Waals surface area contributed by atoms with Crippen LogP contribution in [0.4, 0.5) is 5.69 Å². The normalized spacial score (nSPS) is 14.7. The van der Waals surface area contributed by atoms with Crippen LogP contribution in [0, 0.1) is 0 Å². The predicted octanol–water partition coefficient (Wildman–Crippen LogP) is 7.10. The first-order chi connectivity index (χ1) is 20.1. The van der Waals surface area contributed by atoms with Gasteiger partial charge in [-0.25, -0.2) is 8.42 Å². The van der Waals surface area contributed by atoms with E-state index in [9.17, 15) is 18.0 Å². The minimum atomic E-state index is -4.24. The number of carbonyl (C=O) groups is 2. The summed E-state index contributed by atoms with van der Waals surface area (Å²) in [7, 11) is -4.24. The van der Waals surface area contributed by atoms with Crippen LogP contribution in [-0.2, 0) is 26.2 Å². The number of nitrogens with one attached hydrogen (secondary N) is 1. The number of carbonyl (C=O) groups excluding carboxylic acids is 2. The molecule has 1 saturated carbocycles. The molecule has 0 unspecified atom stereocenters. The minimum Gasteiger partial charge on any atom is -0.352 e. The molecule has 3 aromatic carbocycles. The largest absolute Gasteiger partial charge is 0.352 e. The molecule has 0 aromatic heterocycles. The number of rotatable bonds is 11. The van der Waals surface area contributed by atoms with Crippen molar-refractivity contribution in [2.75, 3.05) is 10.8 Å². The zero-order valence-electron chi connectivity index (χ0n) is 23.3. The van der Waals surface area contributed by atoms with Crippen LogP contribution >= 0.6 is 34.8 Å². The van der Waals surface area contributed by atoms with Crippen LogP contribution in [-0.4, -0.2) is 43.8 Å². The highest BCUT2D eigenvalue weighted by Gasteiger charge is 2.35. The van der Waals surface area contributed by atoms with Crippen molar-refractivity contribution < 1.29 is 18.0 Å². The summed E-state index contributed by atoms with van der Waals surface area (Å²) in [6.07, 6.45) is 5.31. The summed E-state index contributed by atoms with van der Waals surface area (Å²) in [6, 6.07) is 18.5. The number of benzene rings is 3. The Bertz CT molecular complexity index is 1500. The molecule has 0 bridgehead atoms. The van der Waals surface area contributed by atoms with Crippen molar-refractivity contribution in [3.63, 3.8) is 0 Å². The first kappa shape index (κ1) is 32.1. The van der Waals surface area contributed by atoms with E-state index in [4.69, 9.17) is 34.8 Å². The van der Waals surface area contributed by atoms with E-state index < -0.39 is 28.5 Å². The highest BCUT2D eigenvalue weighted by molar-refractivity contribution is 7.92. The third-order valence-corrected chi connectivity index (χ3v) is 10.1. The Morgan fingerprint density at radius 2 is 1.57 bits per heavy atom. The number of hydrogen-bond donors (Lipinski definition) is 1. The van der Waals surface area contributed by atoms with Crippen molar-refractivity contribution in [1.82, 2.24) is 10.2 Å². The molecule has 2 amide bonds. The fourth-order valence-electron chi connectivity index (χ4n) is 5.19. The van der Waals surface area contributed by atoms with Gasteiger partial charge >= 0.3 is 0 Å². The topological polar surface area (TPSA) is 86.8 Å². The summed E-state index contributed by atoms with van der Waals surface area (Å²) in [5, 5.41) is 3.95. The molecule has 4 rings (SSSR count). The Labute approximate surface area is 262 Å². The van der Waals surface area contributed by atoms with Gasteiger partial charge in [0, 0.05) is 22.6 Å². The molecule has 7 nitrogen and oxygen atoms in total. The maximum absolute atomic E-state index is 14.2. The van der Waals surface area contributed by atoms with Crippen molar-refractivity contribution in [3.05, 3.63) is 93.4 Å². The second-order valence-corrected chi connectivity index (χ2v) is 13.4. The van der Waals surface area contributed by atoms with Gasteiger partial charge in [-0.1, -0.05) is 97.4 Å². The van der Waals surface area contributed by atoms with E-state index in [0.29, 0.717) is 22.0 Å². The standard InChI is InChI=1S/C31H34Cl3N3O4S/c1-2-28(31(39)35-24-12-5-3-6-13-24)36(20-22-11-9-10-16-26(22)33)30(38)21-37(29-18-17-23(32)19-27(29)34)42(40,41)25-14-7-4-8-15-25/h4,7-11,14-19,24,28H,2-3,5-6,12-13,20-21H2,1H3,(H,35,39)/t28-/m1/s1. The lowest BCUT2D eigenvalue weighted by Crippen LogP contribution is -2.54. The zero-order valence-corrected chi connectivity index (χ0v) is 26.4. The lowest BCUT2D eigenvalue weighted by Gasteiger charge is -2.34. The van der Waals surface area contributed by atoms with Gasteiger partial charge in [-0.3, -0.25) is 13.9 Å². The van der Waals surface area contributed by atoms with E-state index in [0.717, 1.165) is 36.4 Å². The van der Waals surface area contributed by atoms with Crippen LogP contribution in [0.15, 0.2) is 77.7 Å². The number of sulfonamides is 1. The van der Waals surface area contributed by atoms with E-state index in [1.54, 1.807) is 42.5 Å². The fraction of sp³-hybridized carbons (Fsp3) is 0.355. The van der Waals surface area contributed by atoms with Crippen LogP contribution in [0.2, 0.25) is 15.1 Å². The summed E-state index contributed by atoms with van der Waals surface area (Å²) in [6.45, 7) is 1.24. The summed E-state index contributed by atoms with van der Waals surface area (Å²) < 4.78 is 28.8. The summed E-state index contributed by atoms with van der Waals surface area (Å²) >= 11 is 19.1.